The molecule has 0 aliphatic carbocycles. The highest BCUT2D eigenvalue weighted by Gasteiger charge is 2.12. The van der Waals surface area contributed by atoms with Crippen molar-refractivity contribution in [3.05, 3.63) is 47.9 Å². The van der Waals surface area contributed by atoms with E-state index in [4.69, 9.17) is 19.6 Å². The van der Waals surface area contributed by atoms with Crippen molar-refractivity contribution >= 4 is 0 Å². The summed E-state index contributed by atoms with van der Waals surface area (Å²) in [6, 6.07) is 10.9. The average molecular weight is 247 g/mol. The van der Waals surface area contributed by atoms with Crippen LogP contribution in [0.5, 0.6) is 11.5 Å². The maximum absolute atomic E-state index is 5.99. The molecule has 0 fully saturated rings. The minimum absolute atomic E-state index is 0.288. The number of furan rings is 1. The van der Waals surface area contributed by atoms with Gasteiger partial charge in [0.1, 0.15) is 18.1 Å². The Hall–Kier alpha value is -1.94. The van der Waals surface area contributed by atoms with Crippen molar-refractivity contribution in [2.75, 3.05) is 13.7 Å². The Kier molecular flexibility index (Phi) is 3.89. The van der Waals surface area contributed by atoms with Gasteiger partial charge in [-0.25, -0.2) is 0 Å². The molecule has 96 valence electrons. The number of benzene rings is 1. The molecule has 0 bridgehead atoms. The van der Waals surface area contributed by atoms with Crippen LogP contribution in [0.4, 0.5) is 0 Å². The lowest BCUT2D eigenvalue weighted by molar-refractivity contribution is 0.258. The van der Waals surface area contributed by atoms with Crippen LogP contribution in [-0.4, -0.2) is 13.7 Å². The maximum Gasteiger partial charge on any atom is 0.161 e. The Balaban J connectivity index is 1.99. The van der Waals surface area contributed by atoms with Crippen LogP contribution in [-0.2, 0) is 0 Å². The van der Waals surface area contributed by atoms with Crippen molar-refractivity contribution in [3.8, 4) is 11.5 Å². The minimum Gasteiger partial charge on any atom is -0.493 e. The molecule has 2 aromatic rings. The molecule has 0 aliphatic heterocycles. The van der Waals surface area contributed by atoms with Crippen LogP contribution in [0.3, 0.4) is 0 Å². The first-order chi connectivity index (χ1) is 8.70. The highest BCUT2D eigenvalue weighted by Crippen LogP contribution is 2.26. The van der Waals surface area contributed by atoms with E-state index in [1.807, 2.05) is 43.3 Å². The van der Waals surface area contributed by atoms with E-state index in [1.54, 1.807) is 7.11 Å². The molecule has 0 saturated heterocycles. The summed E-state index contributed by atoms with van der Waals surface area (Å²) in [5.74, 6) is 2.94. The molecule has 1 unspecified atom stereocenters. The average Bonchev–Trinajstić information content (AvgIpc) is 2.83. The molecule has 1 heterocycles. The summed E-state index contributed by atoms with van der Waals surface area (Å²) in [5, 5.41) is 0. The van der Waals surface area contributed by atoms with Gasteiger partial charge in [0.15, 0.2) is 11.5 Å². The van der Waals surface area contributed by atoms with Gasteiger partial charge in [0, 0.05) is 0 Å². The molecule has 2 rings (SSSR count). The zero-order valence-electron chi connectivity index (χ0n) is 10.6. The molecule has 4 nitrogen and oxygen atoms in total. The van der Waals surface area contributed by atoms with E-state index in [0.29, 0.717) is 18.1 Å². The normalized spacial score (nSPS) is 12.2. The standard InChI is InChI=1S/C14H17NO3/c1-10-7-8-12(18-10)11(15)9-17-14-6-4-3-5-13(14)16-2/h3-8,11H,9,15H2,1-2H3. The Bertz CT molecular complexity index is 507. The van der Waals surface area contributed by atoms with Crippen molar-refractivity contribution in [2.24, 2.45) is 5.73 Å². The number of hydrogen-bond donors (Lipinski definition) is 1. The zero-order valence-corrected chi connectivity index (χ0v) is 10.6. The van der Waals surface area contributed by atoms with Crippen LogP contribution < -0.4 is 15.2 Å². The van der Waals surface area contributed by atoms with Gasteiger partial charge in [0.25, 0.3) is 0 Å². The fourth-order valence-electron chi connectivity index (χ4n) is 1.65. The van der Waals surface area contributed by atoms with Gasteiger partial charge in [-0.15, -0.1) is 0 Å². The Morgan fingerprint density at radius 3 is 2.50 bits per heavy atom. The van der Waals surface area contributed by atoms with E-state index in [9.17, 15) is 0 Å². The molecule has 2 N–H and O–H groups in total. The first-order valence-electron chi connectivity index (χ1n) is 5.78. The SMILES string of the molecule is COc1ccccc1OCC(N)c1ccc(C)o1. The van der Waals surface area contributed by atoms with E-state index in [-0.39, 0.29) is 6.04 Å². The number of hydrogen-bond acceptors (Lipinski definition) is 4. The van der Waals surface area contributed by atoms with E-state index >= 15 is 0 Å². The fourth-order valence-corrected chi connectivity index (χ4v) is 1.65. The predicted molar refractivity (Wildman–Crippen MR) is 68.9 cm³/mol. The zero-order chi connectivity index (χ0) is 13.0. The molecule has 0 saturated carbocycles. The van der Waals surface area contributed by atoms with Crippen LogP contribution in [0.2, 0.25) is 0 Å². The maximum atomic E-state index is 5.99. The Morgan fingerprint density at radius 1 is 1.17 bits per heavy atom. The molecule has 1 aromatic heterocycles. The molecule has 4 heteroatoms. The van der Waals surface area contributed by atoms with Crippen LogP contribution in [0, 0.1) is 6.92 Å². The summed E-state index contributed by atoms with van der Waals surface area (Å²) in [4.78, 5) is 0. The third-order valence-electron chi connectivity index (χ3n) is 2.61. The second kappa shape index (κ2) is 5.60. The monoisotopic (exact) mass is 247 g/mol. The van der Waals surface area contributed by atoms with Gasteiger partial charge < -0.3 is 19.6 Å². The minimum atomic E-state index is -0.288. The molecule has 0 radical (unpaired) electrons. The Labute approximate surface area is 106 Å². The number of para-hydroxylation sites is 2. The summed E-state index contributed by atoms with van der Waals surface area (Å²) < 4.78 is 16.3. The van der Waals surface area contributed by atoms with Gasteiger partial charge in [-0.3, -0.25) is 0 Å². The van der Waals surface area contributed by atoms with Crippen molar-refractivity contribution < 1.29 is 13.9 Å². The van der Waals surface area contributed by atoms with Crippen LogP contribution in [0.1, 0.15) is 17.6 Å². The summed E-state index contributed by atoms with van der Waals surface area (Å²) in [7, 11) is 1.61. The van der Waals surface area contributed by atoms with Gasteiger partial charge in [-0.1, -0.05) is 12.1 Å². The molecule has 0 spiro atoms. The molecular formula is C14H17NO3. The first-order valence-corrected chi connectivity index (χ1v) is 5.78. The molecule has 0 aliphatic rings. The van der Waals surface area contributed by atoms with Crippen LogP contribution >= 0.6 is 0 Å². The van der Waals surface area contributed by atoms with Gasteiger partial charge >= 0.3 is 0 Å². The van der Waals surface area contributed by atoms with Gasteiger partial charge in [0.05, 0.1) is 13.2 Å². The number of methoxy groups -OCH3 is 1. The topological polar surface area (TPSA) is 57.6 Å². The van der Waals surface area contributed by atoms with E-state index in [0.717, 1.165) is 11.5 Å². The predicted octanol–water partition coefficient (Wildman–Crippen LogP) is 2.68. The number of aryl methyl sites for hydroxylation is 1. The third kappa shape index (κ3) is 2.84. The highest BCUT2D eigenvalue weighted by molar-refractivity contribution is 5.39. The fraction of sp³-hybridized carbons (Fsp3) is 0.286. The van der Waals surface area contributed by atoms with E-state index < -0.39 is 0 Å². The van der Waals surface area contributed by atoms with Crippen molar-refractivity contribution in [1.29, 1.82) is 0 Å². The largest absolute Gasteiger partial charge is 0.493 e. The lowest BCUT2D eigenvalue weighted by Gasteiger charge is -2.13. The van der Waals surface area contributed by atoms with Crippen molar-refractivity contribution in [2.45, 2.75) is 13.0 Å². The molecule has 1 aromatic carbocycles. The van der Waals surface area contributed by atoms with E-state index in [1.165, 1.54) is 0 Å². The van der Waals surface area contributed by atoms with Crippen molar-refractivity contribution in [1.82, 2.24) is 0 Å². The molecule has 1 atom stereocenters. The third-order valence-corrected chi connectivity index (χ3v) is 2.61. The quantitative estimate of drug-likeness (QED) is 0.882. The summed E-state index contributed by atoms with van der Waals surface area (Å²) in [6.07, 6.45) is 0. The van der Waals surface area contributed by atoms with Gasteiger partial charge in [-0.05, 0) is 31.2 Å². The summed E-state index contributed by atoms with van der Waals surface area (Å²) in [5.41, 5.74) is 5.99. The smallest absolute Gasteiger partial charge is 0.161 e. The van der Waals surface area contributed by atoms with Gasteiger partial charge in [-0.2, -0.15) is 0 Å². The number of ether oxygens (including phenoxy) is 2. The Morgan fingerprint density at radius 2 is 1.89 bits per heavy atom. The summed E-state index contributed by atoms with van der Waals surface area (Å²) in [6.45, 7) is 2.23. The number of rotatable bonds is 5. The first kappa shape index (κ1) is 12.5. The highest BCUT2D eigenvalue weighted by atomic mass is 16.5. The van der Waals surface area contributed by atoms with E-state index in [2.05, 4.69) is 0 Å². The molecular weight excluding hydrogens is 230 g/mol. The second-order valence-electron chi connectivity index (χ2n) is 4.02. The van der Waals surface area contributed by atoms with Gasteiger partial charge in [0.2, 0.25) is 0 Å². The molecule has 0 amide bonds. The van der Waals surface area contributed by atoms with Crippen molar-refractivity contribution in [3.63, 3.8) is 0 Å². The lowest BCUT2D eigenvalue weighted by Crippen LogP contribution is -2.18. The second-order valence-corrected chi connectivity index (χ2v) is 4.02. The summed E-state index contributed by atoms with van der Waals surface area (Å²) >= 11 is 0. The lowest BCUT2D eigenvalue weighted by atomic mass is 10.2. The van der Waals surface area contributed by atoms with Crippen LogP contribution in [0.25, 0.3) is 0 Å². The number of nitrogens with two attached hydrogens (primary N) is 1. The molecule has 18 heavy (non-hydrogen) atoms. The van der Waals surface area contributed by atoms with Crippen LogP contribution in [0.15, 0.2) is 40.8 Å².